The SMILES string of the molecule is COc1cccnc1N1CCN(c2ccc3ccn(CCN4CCCC4)c3n2)CC1. The van der Waals surface area contributed by atoms with Gasteiger partial charge < -0.3 is 24.0 Å². The lowest BCUT2D eigenvalue weighted by Gasteiger charge is -2.36. The van der Waals surface area contributed by atoms with E-state index in [1.165, 1.54) is 31.3 Å². The zero-order valence-corrected chi connectivity index (χ0v) is 17.7. The van der Waals surface area contributed by atoms with Crippen molar-refractivity contribution in [2.75, 3.05) is 62.7 Å². The highest BCUT2D eigenvalue weighted by atomic mass is 16.5. The molecule has 0 radical (unpaired) electrons. The van der Waals surface area contributed by atoms with Crippen molar-refractivity contribution in [2.45, 2.75) is 19.4 Å². The summed E-state index contributed by atoms with van der Waals surface area (Å²) in [6, 6.07) is 10.4. The number of nitrogens with zero attached hydrogens (tertiary/aromatic N) is 6. The van der Waals surface area contributed by atoms with Crippen LogP contribution in [0.15, 0.2) is 42.7 Å². The van der Waals surface area contributed by atoms with Gasteiger partial charge in [-0.2, -0.15) is 0 Å². The molecule has 0 spiro atoms. The molecule has 0 N–H and O–H groups in total. The number of anilines is 2. The van der Waals surface area contributed by atoms with E-state index in [-0.39, 0.29) is 0 Å². The minimum Gasteiger partial charge on any atom is -0.493 e. The van der Waals surface area contributed by atoms with Crippen molar-refractivity contribution in [1.29, 1.82) is 0 Å². The van der Waals surface area contributed by atoms with Crippen LogP contribution in [0.25, 0.3) is 11.0 Å². The number of hydrogen-bond acceptors (Lipinski definition) is 6. The fraction of sp³-hybridized carbons (Fsp3) is 0.478. The molecule has 158 valence electrons. The minimum absolute atomic E-state index is 0.835. The van der Waals surface area contributed by atoms with Crippen LogP contribution in [-0.4, -0.2) is 72.4 Å². The summed E-state index contributed by atoms with van der Waals surface area (Å²) < 4.78 is 7.80. The molecule has 2 aliphatic rings. The second-order valence-corrected chi connectivity index (χ2v) is 8.14. The minimum atomic E-state index is 0.835. The van der Waals surface area contributed by atoms with Crippen LogP contribution in [-0.2, 0) is 6.54 Å². The van der Waals surface area contributed by atoms with Gasteiger partial charge >= 0.3 is 0 Å². The van der Waals surface area contributed by atoms with Crippen LogP contribution in [0.1, 0.15) is 12.8 Å². The van der Waals surface area contributed by atoms with E-state index in [4.69, 9.17) is 9.72 Å². The number of aromatic nitrogens is 3. The molecule has 0 saturated carbocycles. The number of fused-ring (bicyclic) bond motifs is 1. The molecule has 0 atom stereocenters. The van der Waals surface area contributed by atoms with Crippen LogP contribution in [0.2, 0.25) is 0 Å². The van der Waals surface area contributed by atoms with Crippen molar-refractivity contribution >= 4 is 22.7 Å². The Morgan fingerprint density at radius 3 is 2.50 bits per heavy atom. The van der Waals surface area contributed by atoms with Crippen molar-refractivity contribution in [1.82, 2.24) is 19.4 Å². The van der Waals surface area contributed by atoms with Gasteiger partial charge in [0, 0.05) is 57.0 Å². The Labute approximate surface area is 177 Å². The van der Waals surface area contributed by atoms with Gasteiger partial charge in [0.1, 0.15) is 11.5 Å². The molecule has 5 heterocycles. The highest BCUT2D eigenvalue weighted by Gasteiger charge is 2.22. The summed E-state index contributed by atoms with van der Waals surface area (Å²) in [5, 5.41) is 1.22. The summed E-state index contributed by atoms with van der Waals surface area (Å²) in [7, 11) is 1.70. The van der Waals surface area contributed by atoms with Crippen LogP contribution in [0.4, 0.5) is 11.6 Å². The van der Waals surface area contributed by atoms with Crippen molar-refractivity contribution in [3.63, 3.8) is 0 Å². The van der Waals surface area contributed by atoms with E-state index in [1.54, 1.807) is 7.11 Å². The predicted octanol–water partition coefficient (Wildman–Crippen LogP) is 2.86. The van der Waals surface area contributed by atoms with Crippen LogP contribution in [0.3, 0.4) is 0 Å². The van der Waals surface area contributed by atoms with Crippen molar-refractivity contribution in [3.8, 4) is 5.75 Å². The smallest absolute Gasteiger partial charge is 0.171 e. The van der Waals surface area contributed by atoms with Crippen LogP contribution >= 0.6 is 0 Å². The second kappa shape index (κ2) is 8.52. The molecule has 30 heavy (non-hydrogen) atoms. The second-order valence-electron chi connectivity index (χ2n) is 8.14. The summed E-state index contributed by atoms with van der Waals surface area (Å²) in [6.45, 7) is 8.26. The van der Waals surface area contributed by atoms with Gasteiger partial charge in [-0.15, -0.1) is 0 Å². The van der Waals surface area contributed by atoms with Crippen molar-refractivity contribution < 1.29 is 4.74 Å². The molecule has 0 unspecified atom stereocenters. The number of piperazine rings is 1. The van der Waals surface area contributed by atoms with Gasteiger partial charge in [0.15, 0.2) is 11.6 Å². The number of pyridine rings is 2. The van der Waals surface area contributed by atoms with Crippen LogP contribution in [0, 0.1) is 0 Å². The predicted molar refractivity (Wildman–Crippen MR) is 121 cm³/mol. The first-order chi connectivity index (χ1) is 14.8. The van der Waals surface area contributed by atoms with E-state index >= 15 is 0 Å². The summed E-state index contributed by atoms with van der Waals surface area (Å²) in [6.07, 6.45) is 6.69. The summed E-state index contributed by atoms with van der Waals surface area (Å²) >= 11 is 0. The zero-order chi connectivity index (χ0) is 20.3. The molecular formula is C23H30N6O. The van der Waals surface area contributed by atoms with E-state index in [1.807, 2.05) is 18.3 Å². The average molecular weight is 407 g/mol. The Balaban J connectivity index is 1.28. The third kappa shape index (κ3) is 3.81. The van der Waals surface area contributed by atoms with Gasteiger partial charge in [0.05, 0.1) is 7.11 Å². The fourth-order valence-electron chi connectivity index (χ4n) is 4.59. The van der Waals surface area contributed by atoms with Gasteiger partial charge in [0.2, 0.25) is 0 Å². The maximum Gasteiger partial charge on any atom is 0.171 e. The quantitative estimate of drug-likeness (QED) is 0.627. The standard InChI is InChI=1S/C23H30N6O/c1-30-20-5-4-9-24-23(20)29-17-15-27(16-18-29)21-7-6-19-8-12-28(22(19)25-21)14-13-26-10-2-3-11-26/h4-9,12H,2-3,10-11,13-18H2,1H3. The number of methoxy groups -OCH3 is 1. The molecule has 7 nitrogen and oxygen atoms in total. The lowest BCUT2D eigenvalue weighted by molar-refractivity contribution is 0.324. The number of likely N-dealkylation sites (tertiary alicyclic amines) is 1. The van der Waals surface area contributed by atoms with Crippen LogP contribution < -0.4 is 14.5 Å². The average Bonchev–Trinajstić information content (AvgIpc) is 3.47. The molecule has 7 heteroatoms. The van der Waals surface area contributed by atoms with E-state index in [2.05, 4.69) is 48.6 Å². The van der Waals surface area contributed by atoms with E-state index in [0.29, 0.717) is 0 Å². The molecule has 2 saturated heterocycles. The largest absolute Gasteiger partial charge is 0.493 e. The summed E-state index contributed by atoms with van der Waals surface area (Å²) in [5.41, 5.74) is 1.10. The van der Waals surface area contributed by atoms with E-state index in [0.717, 1.165) is 62.3 Å². The molecule has 0 bridgehead atoms. The zero-order valence-electron chi connectivity index (χ0n) is 17.7. The van der Waals surface area contributed by atoms with Gasteiger partial charge in [-0.05, 0) is 56.3 Å². The molecular weight excluding hydrogens is 376 g/mol. The third-order valence-corrected chi connectivity index (χ3v) is 6.33. The number of hydrogen-bond donors (Lipinski definition) is 0. The maximum absolute atomic E-state index is 5.49. The normalized spacial score (nSPS) is 17.8. The van der Waals surface area contributed by atoms with Gasteiger partial charge in [-0.3, -0.25) is 0 Å². The fourth-order valence-corrected chi connectivity index (χ4v) is 4.59. The van der Waals surface area contributed by atoms with E-state index < -0.39 is 0 Å². The highest BCUT2D eigenvalue weighted by Crippen LogP contribution is 2.27. The van der Waals surface area contributed by atoms with E-state index in [9.17, 15) is 0 Å². The van der Waals surface area contributed by atoms with Crippen molar-refractivity contribution in [2.24, 2.45) is 0 Å². The van der Waals surface area contributed by atoms with Gasteiger partial charge in [0.25, 0.3) is 0 Å². The first kappa shape index (κ1) is 19.2. The Bertz CT molecular complexity index is 988. The Morgan fingerprint density at radius 2 is 1.70 bits per heavy atom. The molecule has 0 amide bonds. The summed E-state index contributed by atoms with van der Waals surface area (Å²) in [4.78, 5) is 16.8. The molecule has 2 fully saturated rings. The Morgan fingerprint density at radius 1 is 0.900 bits per heavy atom. The lowest BCUT2D eigenvalue weighted by atomic mass is 10.2. The Hall–Kier alpha value is -2.80. The van der Waals surface area contributed by atoms with Crippen LogP contribution in [0.5, 0.6) is 5.75 Å². The molecule has 5 rings (SSSR count). The third-order valence-electron chi connectivity index (χ3n) is 6.33. The molecule has 0 aromatic carbocycles. The monoisotopic (exact) mass is 406 g/mol. The molecule has 3 aromatic heterocycles. The number of rotatable bonds is 6. The first-order valence-electron chi connectivity index (χ1n) is 11.0. The Kier molecular flexibility index (Phi) is 5.45. The molecule has 0 aliphatic carbocycles. The first-order valence-corrected chi connectivity index (χ1v) is 11.0. The van der Waals surface area contributed by atoms with Gasteiger partial charge in [-0.1, -0.05) is 0 Å². The van der Waals surface area contributed by atoms with Gasteiger partial charge in [-0.25, -0.2) is 9.97 Å². The van der Waals surface area contributed by atoms with Crippen molar-refractivity contribution in [3.05, 3.63) is 42.7 Å². The lowest BCUT2D eigenvalue weighted by Crippen LogP contribution is -2.47. The number of ether oxygens (including phenoxy) is 1. The topological polar surface area (TPSA) is 49.7 Å². The highest BCUT2D eigenvalue weighted by molar-refractivity contribution is 5.78. The summed E-state index contributed by atoms with van der Waals surface area (Å²) in [5.74, 6) is 2.83. The molecule has 3 aromatic rings. The maximum atomic E-state index is 5.49. The molecule has 2 aliphatic heterocycles.